The molecule has 1 heterocycles. The summed E-state index contributed by atoms with van der Waals surface area (Å²) in [6, 6.07) is 11.9. The zero-order valence-electron chi connectivity index (χ0n) is 13.1. The molecule has 0 aliphatic carbocycles. The maximum Gasteiger partial charge on any atom is 0.190 e. The van der Waals surface area contributed by atoms with Gasteiger partial charge in [0.15, 0.2) is 10.2 Å². The Bertz CT molecular complexity index is 817. The summed E-state index contributed by atoms with van der Waals surface area (Å²) in [5, 5.41) is 7.59. The molecule has 2 aromatic carbocycles. The van der Waals surface area contributed by atoms with Crippen molar-refractivity contribution in [2.45, 2.75) is 13.8 Å². The predicted molar refractivity (Wildman–Crippen MR) is 102 cm³/mol. The smallest absolute Gasteiger partial charge is 0.190 e. The lowest BCUT2D eigenvalue weighted by Crippen LogP contribution is -2.18. The minimum absolute atomic E-state index is 0.516. The lowest BCUT2D eigenvalue weighted by atomic mass is 10.1. The molecule has 3 aromatic rings. The summed E-state index contributed by atoms with van der Waals surface area (Å²) in [4.78, 5) is 4.58. The molecule has 0 bridgehead atoms. The molecule has 118 valence electrons. The fourth-order valence-corrected chi connectivity index (χ4v) is 3.40. The highest BCUT2D eigenvalue weighted by Gasteiger charge is 2.07. The molecular formula is C17H17N3OS2. The van der Waals surface area contributed by atoms with Crippen LogP contribution in [-0.4, -0.2) is 17.2 Å². The first kappa shape index (κ1) is 15.7. The third-order valence-corrected chi connectivity index (χ3v) is 4.71. The predicted octanol–water partition coefficient (Wildman–Crippen LogP) is 4.73. The largest absolute Gasteiger partial charge is 0.497 e. The van der Waals surface area contributed by atoms with Gasteiger partial charge < -0.3 is 15.4 Å². The third-order valence-electron chi connectivity index (χ3n) is 3.57. The van der Waals surface area contributed by atoms with Gasteiger partial charge in [-0.25, -0.2) is 4.98 Å². The Labute approximate surface area is 144 Å². The van der Waals surface area contributed by atoms with Crippen LogP contribution in [0.1, 0.15) is 11.1 Å². The number of aromatic nitrogens is 1. The molecule has 2 N–H and O–H groups in total. The lowest BCUT2D eigenvalue weighted by molar-refractivity contribution is 0.415. The summed E-state index contributed by atoms with van der Waals surface area (Å²) in [6.07, 6.45) is 0. The van der Waals surface area contributed by atoms with Gasteiger partial charge in [-0.2, -0.15) is 0 Å². The number of hydrogen-bond donors (Lipinski definition) is 2. The molecule has 3 rings (SSSR count). The number of rotatable bonds is 3. The zero-order valence-corrected chi connectivity index (χ0v) is 14.8. The molecule has 0 spiro atoms. The number of thiocarbonyl (C=S) groups is 1. The van der Waals surface area contributed by atoms with Crippen molar-refractivity contribution in [1.29, 1.82) is 0 Å². The Morgan fingerprint density at radius 1 is 1.09 bits per heavy atom. The van der Waals surface area contributed by atoms with Crippen LogP contribution < -0.4 is 15.4 Å². The van der Waals surface area contributed by atoms with Crippen molar-refractivity contribution in [2.75, 3.05) is 17.7 Å². The fourth-order valence-electron chi connectivity index (χ4n) is 2.17. The molecule has 0 radical (unpaired) electrons. The Morgan fingerprint density at radius 3 is 2.48 bits per heavy atom. The Balaban J connectivity index is 1.71. The van der Waals surface area contributed by atoms with Crippen molar-refractivity contribution in [1.82, 2.24) is 4.98 Å². The molecule has 0 aliphatic rings. The number of ether oxygens (including phenoxy) is 1. The first-order valence-electron chi connectivity index (χ1n) is 7.15. The van der Waals surface area contributed by atoms with Crippen LogP contribution in [0.15, 0.2) is 36.4 Å². The van der Waals surface area contributed by atoms with Crippen LogP contribution in [0.2, 0.25) is 0 Å². The van der Waals surface area contributed by atoms with Crippen LogP contribution in [0.3, 0.4) is 0 Å². The molecule has 6 heteroatoms. The molecule has 0 aliphatic heterocycles. The average Bonchev–Trinajstić information content (AvgIpc) is 2.89. The van der Waals surface area contributed by atoms with Gasteiger partial charge in [-0.3, -0.25) is 0 Å². The topological polar surface area (TPSA) is 46.2 Å². The molecular weight excluding hydrogens is 326 g/mol. The number of benzene rings is 2. The minimum Gasteiger partial charge on any atom is -0.497 e. The van der Waals surface area contributed by atoms with Crippen LogP contribution in [0.25, 0.3) is 10.2 Å². The molecule has 0 amide bonds. The monoisotopic (exact) mass is 343 g/mol. The van der Waals surface area contributed by atoms with Crippen LogP contribution in [-0.2, 0) is 0 Å². The highest BCUT2D eigenvalue weighted by Crippen LogP contribution is 2.28. The highest BCUT2D eigenvalue weighted by molar-refractivity contribution is 7.80. The van der Waals surface area contributed by atoms with Crippen LogP contribution in [0.4, 0.5) is 10.8 Å². The van der Waals surface area contributed by atoms with Gasteiger partial charge in [-0.15, -0.1) is 0 Å². The number of aryl methyl sites for hydroxylation is 2. The molecule has 0 fully saturated rings. The first-order chi connectivity index (χ1) is 11.0. The minimum atomic E-state index is 0.516. The van der Waals surface area contributed by atoms with E-state index in [4.69, 9.17) is 17.0 Å². The van der Waals surface area contributed by atoms with Crippen molar-refractivity contribution in [3.63, 3.8) is 0 Å². The summed E-state index contributed by atoms with van der Waals surface area (Å²) >= 11 is 6.94. The Hall–Kier alpha value is -2.18. The number of fused-ring (bicyclic) bond motifs is 1. The van der Waals surface area contributed by atoms with Crippen LogP contribution in [0.5, 0.6) is 5.75 Å². The summed E-state index contributed by atoms with van der Waals surface area (Å²) < 4.78 is 6.29. The van der Waals surface area contributed by atoms with E-state index in [1.165, 1.54) is 11.1 Å². The fraction of sp³-hybridized carbons (Fsp3) is 0.176. The van der Waals surface area contributed by atoms with E-state index < -0.39 is 0 Å². The van der Waals surface area contributed by atoms with Crippen LogP contribution >= 0.6 is 23.6 Å². The van der Waals surface area contributed by atoms with Gasteiger partial charge in [0.25, 0.3) is 0 Å². The number of hydrogen-bond acceptors (Lipinski definition) is 4. The second-order valence-electron chi connectivity index (χ2n) is 5.23. The van der Waals surface area contributed by atoms with Crippen molar-refractivity contribution in [3.8, 4) is 5.75 Å². The standard InChI is InChI=1S/C17H17N3OS2/c1-10-8-14-15(9-11(10)2)23-17(19-14)20-16(22)18-12-4-6-13(21-3)7-5-12/h4-9H,1-3H3,(H2,18,19,20,22). The van der Waals surface area contributed by atoms with Gasteiger partial charge in [0.2, 0.25) is 0 Å². The van der Waals surface area contributed by atoms with E-state index in [9.17, 15) is 0 Å². The van der Waals surface area contributed by atoms with Crippen molar-refractivity contribution < 1.29 is 4.74 Å². The number of methoxy groups -OCH3 is 1. The molecule has 0 saturated carbocycles. The van der Waals surface area contributed by atoms with Gasteiger partial charge in [0, 0.05) is 5.69 Å². The van der Waals surface area contributed by atoms with Crippen molar-refractivity contribution >= 4 is 49.7 Å². The maximum absolute atomic E-state index is 5.35. The zero-order chi connectivity index (χ0) is 16.4. The number of nitrogens with one attached hydrogen (secondary N) is 2. The number of anilines is 2. The van der Waals surface area contributed by atoms with Gasteiger partial charge in [0.05, 0.1) is 17.3 Å². The summed E-state index contributed by atoms with van der Waals surface area (Å²) in [7, 11) is 1.64. The Morgan fingerprint density at radius 2 is 1.78 bits per heavy atom. The second kappa shape index (κ2) is 6.52. The second-order valence-corrected chi connectivity index (χ2v) is 6.67. The van der Waals surface area contributed by atoms with Crippen molar-refractivity contribution in [2.24, 2.45) is 0 Å². The van der Waals surface area contributed by atoms with Gasteiger partial charge >= 0.3 is 0 Å². The van der Waals surface area contributed by atoms with E-state index in [1.807, 2.05) is 24.3 Å². The molecule has 4 nitrogen and oxygen atoms in total. The third kappa shape index (κ3) is 3.60. The van der Waals surface area contributed by atoms with E-state index in [2.05, 4.69) is 41.6 Å². The van der Waals surface area contributed by atoms with Gasteiger partial charge in [-0.1, -0.05) is 11.3 Å². The van der Waals surface area contributed by atoms with E-state index in [1.54, 1.807) is 18.4 Å². The lowest BCUT2D eigenvalue weighted by Gasteiger charge is -2.08. The van der Waals surface area contributed by atoms with Crippen LogP contribution in [0, 0.1) is 13.8 Å². The molecule has 0 saturated heterocycles. The SMILES string of the molecule is COc1ccc(NC(=S)Nc2nc3cc(C)c(C)cc3s2)cc1. The quantitative estimate of drug-likeness (QED) is 0.673. The summed E-state index contributed by atoms with van der Waals surface area (Å²) in [5.41, 5.74) is 4.41. The molecule has 0 unspecified atom stereocenters. The Kier molecular flexibility index (Phi) is 4.45. The molecule has 0 atom stereocenters. The van der Waals surface area contributed by atoms with Gasteiger partial charge in [-0.05, 0) is 73.6 Å². The molecule has 23 heavy (non-hydrogen) atoms. The van der Waals surface area contributed by atoms with E-state index >= 15 is 0 Å². The highest BCUT2D eigenvalue weighted by atomic mass is 32.1. The summed E-state index contributed by atoms with van der Waals surface area (Å²) in [6.45, 7) is 4.20. The maximum atomic E-state index is 5.35. The number of thiazole rings is 1. The van der Waals surface area contributed by atoms with E-state index in [-0.39, 0.29) is 0 Å². The van der Waals surface area contributed by atoms with Crippen molar-refractivity contribution in [3.05, 3.63) is 47.5 Å². The van der Waals surface area contributed by atoms with Gasteiger partial charge in [0.1, 0.15) is 5.75 Å². The normalized spacial score (nSPS) is 10.6. The summed E-state index contributed by atoms with van der Waals surface area (Å²) in [5.74, 6) is 0.811. The van der Waals surface area contributed by atoms with E-state index in [0.717, 1.165) is 26.8 Å². The number of nitrogens with zero attached hydrogens (tertiary/aromatic N) is 1. The average molecular weight is 343 g/mol. The first-order valence-corrected chi connectivity index (χ1v) is 8.37. The molecule has 1 aromatic heterocycles. The van der Waals surface area contributed by atoms with E-state index in [0.29, 0.717) is 5.11 Å².